The van der Waals surface area contributed by atoms with Crippen LogP contribution in [0.25, 0.3) is 0 Å². The summed E-state index contributed by atoms with van der Waals surface area (Å²) in [6.07, 6.45) is 1.12. The molecule has 3 rings (SSSR count). The molecule has 148 valence electrons. The molecule has 0 aliphatic carbocycles. The molecule has 1 aliphatic rings. The number of rotatable bonds is 4. The average molecular weight is 386 g/mol. The summed E-state index contributed by atoms with van der Waals surface area (Å²) in [6, 6.07) is 3.79. The lowest BCUT2D eigenvalue weighted by atomic mass is 9.92. The number of hydrogen-bond donors (Lipinski definition) is 4. The van der Waals surface area contributed by atoms with Gasteiger partial charge in [-0.3, -0.25) is 4.79 Å². The van der Waals surface area contributed by atoms with Crippen molar-refractivity contribution in [2.45, 2.75) is 32.8 Å². The van der Waals surface area contributed by atoms with E-state index in [4.69, 9.17) is 9.47 Å². The Bertz CT molecular complexity index is 971. The van der Waals surface area contributed by atoms with Crippen molar-refractivity contribution in [1.29, 1.82) is 0 Å². The van der Waals surface area contributed by atoms with Gasteiger partial charge in [0.2, 0.25) is 0 Å². The molecular formula is C21H22O7. The highest BCUT2D eigenvalue weighted by Gasteiger charge is 2.34. The summed E-state index contributed by atoms with van der Waals surface area (Å²) in [6.45, 7) is 3.79. The van der Waals surface area contributed by atoms with Gasteiger partial charge in [0.1, 0.15) is 34.7 Å². The minimum absolute atomic E-state index is 0.0106. The number of phenols is 4. The van der Waals surface area contributed by atoms with Crippen LogP contribution in [0.1, 0.15) is 47.9 Å². The molecule has 4 N–H and O–H groups in total. The lowest BCUT2D eigenvalue weighted by Crippen LogP contribution is -2.21. The smallest absolute Gasteiger partial charge is 0.174 e. The van der Waals surface area contributed by atoms with Crippen LogP contribution in [-0.4, -0.2) is 33.3 Å². The number of fused-ring (bicyclic) bond motifs is 1. The fourth-order valence-corrected chi connectivity index (χ4v) is 3.18. The molecule has 0 amide bonds. The molecule has 28 heavy (non-hydrogen) atoms. The maximum Gasteiger partial charge on any atom is 0.174 e. The lowest BCUT2D eigenvalue weighted by molar-refractivity contribution is 0.0841. The Hall–Kier alpha value is -3.35. The second-order valence-corrected chi connectivity index (χ2v) is 6.90. The Morgan fingerprint density at radius 3 is 2.50 bits per heavy atom. The van der Waals surface area contributed by atoms with Crippen LogP contribution in [0.15, 0.2) is 29.8 Å². The van der Waals surface area contributed by atoms with Gasteiger partial charge in [-0.05, 0) is 26.3 Å². The Balaban J connectivity index is 2.03. The van der Waals surface area contributed by atoms with Crippen LogP contribution in [-0.2, 0) is 6.42 Å². The summed E-state index contributed by atoms with van der Waals surface area (Å²) >= 11 is 0. The first-order valence-electron chi connectivity index (χ1n) is 8.73. The second kappa shape index (κ2) is 7.34. The zero-order valence-corrected chi connectivity index (χ0v) is 15.8. The van der Waals surface area contributed by atoms with Gasteiger partial charge in [0.25, 0.3) is 0 Å². The number of Topliss-reactive ketones (excluding diaryl/α,β-unsaturated/α-hetero) is 1. The van der Waals surface area contributed by atoms with Crippen molar-refractivity contribution < 1.29 is 34.7 Å². The molecule has 2 aromatic carbocycles. The number of benzene rings is 2. The number of carbonyl (C=O) groups is 1. The highest BCUT2D eigenvalue weighted by molar-refractivity contribution is 6.03. The molecule has 1 heterocycles. The molecule has 7 nitrogen and oxygen atoms in total. The van der Waals surface area contributed by atoms with E-state index in [1.54, 1.807) is 0 Å². The number of aromatic hydroxyl groups is 4. The molecule has 7 heteroatoms. The van der Waals surface area contributed by atoms with Gasteiger partial charge in [-0.1, -0.05) is 11.6 Å². The van der Waals surface area contributed by atoms with E-state index >= 15 is 0 Å². The van der Waals surface area contributed by atoms with Gasteiger partial charge in [0.15, 0.2) is 17.3 Å². The number of ketones is 1. The molecule has 0 spiro atoms. The topological polar surface area (TPSA) is 116 Å². The van der Waals surface area contributed by atoms with Gasteiger partial charge in [-0.2, -0.15) is 0 Å². The molecule has 1 atom stereocenters. The zero-order chi connectivity index (χ0) is 20.6. The van der Waals surface area contributed by atoms with Gasteiger partial charge in [0.05, 0.1) is 13.5 Å². The third-order valence-electron chi connectivity index (χ3n) is 4.65. The summed E-state index contributed by atoms with van der Waals surface area (Å²) in [7, 11) is 1.36. The van der Waals surface area contributed by atoms with Crippen LogP contribution < -0.4 is 9.47 Å². The summed E-state index contributed by atoms with van der Waals surface area (Å²) in [4.78, 5) is 12.7. The average Bonchev–Trinajstić information content (AvgIpc) is 2.60. The summed E-state index contributed by atoms with van der Waals surface area (Å²) < 4.78 is 10.8. The van der Waals surface area contributed by atoms with Crippen LogP contribution in [0.4, 0.5) is 0 Å². The SMILES string of the molecule is COc1cc([C@@H]2CC(=O)c3c(cc(O)c(CC=C(C)C)c3O)O2)c(O)cc1O. The first-order chi connectivity index (χ1) is 13.2. The Labute approximate surface area is 162 Å². The van der Waals surface area contributed by atoms with Crippen molar-refractivity contribution in [2.75, 3.05) is 7.11 Å². The Morgan fingerprint density at radius 1 is 1.14 bits per heavy atom. The van der Waals surface area contributed by atoms with E-state index in [0.717, 1.165) is 11.6 Å². The molecule has 0 unspecified atom stereocenters. The quantitative estimate of drug-likeness (QED) is 0.592. The van der Waals surface area contributed by atoms with Gasteiger partial charge >= 0.3 is 0 Å². The van der Waals surface area contributed by atoms with E-state index in [9.17, 15) is 25.2 Å². The standard InChI is InChI=1S/C21H22O7/c1-10(2)4-5-11-14(23)8-19-20(21(11)26)16(25)9-17(28-19)12-6-18(27-3)15(24)7-13(12)22/h4,6-8,17,22-24,26H,5,9H2,1-3H3/t17-/m0/s1. The minimum atomic E-state index is -0.864. The number of methoxy groups -OCH3 is 1. The van der Waals surface area contributed by atoms with E-state index in [0.29, 0.717) is 0 Å². The molecular weight excluding hydrogens is 364 g/mol. The van der Waals surface area contributed by atoms with Crippen molar-refractivity contribution in [2.24, 2.45) is 0 Å². The maximum atomic E-state index is 12.7. The largest absolute Gasteiger partial charge is 0.507 e. The fraction of sp³-hybridized carbons (Fsp3) is 0.286. The molecule has 0 bridgehead atoms. The van der Waals surface area contributed by atoms with Crippen LogP contribution in [0.3, 0.4) is 0 Å². The molecule has 0 radical (unpaired) electrons. The van der Waals surface area contributed by atoms with Crippen molar-refractivity contribution in [3.8, 4) is 34.5 Å². The minimum Gasteiger partial charge on any atom is -0.507 e. The molecule has 0 saturated carbocycles. The van der Waals surface area contributed by atoms with Gasteiger partial charge in [0, 0.05) is 23.3 Å². The molecule has 0 fully saturated rings. The van der Waals surface area contributed by atoms with Gasteiger partial charge in [-0.15, -0.1) is 0 Å². The predicted molar refractivity (Wildman–Crippen MR) is 102 cm³/mol. The summed E-state index contributed by atoms with van der Waals surface area (Å²) in [5, 5.41) is 40.7. The zero-order valence-electron chi connectivity index (χ0n) is 15.8. The van der Waals surface area contributed by atoms with E-state index in [1.807, 2.05) is 19.9 Å². The Morgan fingerprint density at radius 2 is 1.86 bits per heavy atom. The fourth-order valence-electron chi connectivity index (χ4n) is 3.18. The molecule has 0 saturated heterocycles. The highest BCUT2D eigenvalue weighted by Crippen LogP contribution is 2.47. The first-order valence-corrected chi connectivity index (χ1v) is 8.73. The molecule has 1 aliphatic heterocycles. The predicted octanol–water partition coefficient (Wildman–Crippen LogP) is 3.73. The van der Waals surface area contributed by atoms with Crippen molar-refractivity contribution in [1.82, 2.24) is 0 Å². The third-order valence-corrected chi connectivity index (χ3v) is 4.65. The van der Waals surface area contributed by atoms with Crippen molar-refractivity contribution in [3.05, 3.63) is 46.5 Å². The van der Waals surface area contributed by atoms with Gasteiger partial charge in [-0.25, -0.2) is 0 Å². The molecule has 0 aromatic heterocycles. The summed E-state index contributed by atoms with van der Waals surface area (Å²) in [5.74, 6) is -1.22. The van der Waals surface area contributed by atoms with Crippen molar-refractivity contribution in [3.63, 3.8) is 0 Å². The van der Waals surface area contributed by atoms with E-state index in [2.05, 4.69) is 0 Å². The van der Waals surface area contributed by atoms with Crippen LogP contribution >= 0.6 is 0 Å². The number of allylic oxidation sites excluding steroid dienone is 2. The van der Waals surface area contributed by atoms with E-state index in [-0.39, 0.29) is 69.8 Å². The van der Waals surface area contributed by atoms with Gasteiger partial charge < -0.3 is 29.9 Å². The first kappa shape index (κ1) is 19.4. The normalized spacial score (nSPS) is 15.5. The van der Waals surface area contributed by atoms with Crippen molar-refractivity contribution >= 4 is 5.78 Å². The second-order valence-electron chi connectivity index (χ2n) is 6.90. The van der Waals surface area contributed by atoms with Crippen LogP contribution in [0.5, 0.6) is 34.5 Å². The van der Waals surface area contributed by atoms with Crippen LogP contribution in [0.2, 0.25) is 0 Å². The summed E-state index contributed by atoms with van der Waals surface area (Å²) in [5.41, 5.74) is 1.53. The number of phenolic OH excluding ortho intramolecular Hbond substituents is 4. The lowest BCUT2D eigenvalue weighted by Gasteiger charge is -2.27. The number of hydrogen-bond acceptors (Lipinski definition) is 7. The van der Waals surface area contributed by atoms with E-state index < -0.39 is 6.10 Å². The third kappa shape index (κ3) is 3.43. The number of carbonyl (C=O) groups excluding carboxylic acids is 1. The highest BCUT2D eigenvalue weighted by atomic mass is 16.5. The Kier molecular flexibility index (Phi) is 5.09. The monoisotopic (exact) mass is 386 g/mol. The van der Waals surface area contributed by atoms with Crippen LogP contribution in [0, 0.1) is 0 Å². The number of ether oxygens (including phenoxy) is 2. The van der Waals surface area contributed by atoms with E-state index in [1.165, 1.54) is 19.2 Å². The maximum absolute atomic E-state index is 12.7. The molecule has 2 aromatic rings.